The minimum atomic E-state index is -0.308. The molecule has 2 aliphatic rings. The van der Waals surface area contributed by atoms with E-state index < -0.39 is 0 Å². The molecule has 160 valence electrons. The third-order valence-corrected chi connectivity index (χ3v) is 7.86. The topological polar surface area (TPSA) is 35.6 Å². The highest BCUT2D eigenvalue weighted by molar-refractivity contribution is 5.31. The minimum absolute atomic E-state index is 0.308. The van der Waals surface area contributed by atoms with Gasteiger partial charge >= 0.3 is 0 Å². The van der Waals surface area contributed by atoms with Gasteiger partial charge in [-0.1, -0.05) is 41.5 Å². The first-order valence-electron chi connectivity index (χ1n) is 11.8. The number of hydrogen-bond donors (Lipinski definition) is 0. The Morgan fingerprint density at radius 3 is 1.48 bits per heavy atom. The largest absolute Gasteiger partial charge is 0.245 e. The van der Waals surface area contributed by atoms with Crippen molar-refractivity contribution in [3.8, 4) is 0 Å². The first-order chi connectivity index (χ1) is 13.6. The van der Waals surface area contributed by atoms with Gasteiger partial charge in [0.15, 0.2) is 0 Å². The van der Waals surface area contributed by atoms with E-state index >= 15 is 0 Å². The van der Waals surface area contributed by atoms with Crippen LogP contribution in [0, 0.1) is 11.8 Å². The molecule has 2 heterocycles. The van der Waals surface area contributed by atoms with Crippen LogP contribution in [-0.4, -0.2) is 19.6 Å². The third kappa shape index (κ3) is 3.37. The summed E-state index contributed by atoms with van der Waals surface area (Å²) in [5.41, 5.74) is 5.26. The Labute approximate surface area is 177 Å². The molecule has 0 N–H and O–H groups in total. The second-order valence-corrected chi connectivity index (χ2v) is 11.0. The predicted octanol–water partition coefficient (Wildman–Crippen LogP) is 6.59. The molecule has 0 aliphatic heterocycles. The lowest BCUT2D eigenvalue weighted by Crippen LogP contribution is -2.36. The van der Waals surface area contributed by atoms with Crippen LogP contribution in [0.5, 0.6) is 0 Å². The van der Waals surface area contributed by atoms with Crippen molar-refractivity contribution in [2.45, 2.75) is 110 Å². The van der Waals surface area contributed by atoms with E-state index in [9.17, 15) is 0 Å². The fourth-order valence-electron chi connectivity index (χ4n) is 5.54. The van der Waals surface area contributed by atoms with Crippen molar-refractivity contribution in [3.05, 3.63) is 34.9 Å². The fraction of sp³-hybridized carbons (Fsp3) is 0.760. The van der Waals surface area contributed by atoms with Gasteiger partial charge in [-0.15, -0.1) is 0 Å². The molecule has 0 aromatic carbocycles. The summed E-state index contributed by atoms with van der Waals surface area (Å²) < 4.78 is 4.39. The smallest absolute Gasteiger partial charge is 0.148 e. The monoisotopic (exact) mass is 396 g/mol. The zero-order valence-electron chi connectivity index (χ0n) is 19.7. The van der Waals surface area contributed by atoms with Crippen LogP contribution in [0.3, 0.4) is 0 Å². The van der Waals surface area contributed by atoms with Gasteiger partial charge in [0.1, 0.15) is 5.66 Å². The molecule has 4 atom stereocenters. The Balaban J connectivity index is 1.75. The molecule has 0 amide bonds. The second kappa shape index (κ2) is 7.28. The van der Waals surface area contributed by atoms with Crippen LogP contribution in [0.15, 0.2) is 12.4 Å². The molecule has 2 aromatic heterocycles. The molecule has 0 spiro atoms. The molecule has 4 rings (SSSR count). The van der Waals surface area contributed by atoms with Gasteiger partial charge in [-0.05, 0) is 74.3 Å². The number of rotatable bonds is 4. The number of nitrogens with zero attached hydrogens (tertiary/aromatic N) is 4. The molecule has 0 saturated carbocycles. The lowest BCUT2D eigenvalue weighted by molar-refractivity contribution is 0.230. The molecular weight excluding hydrogens is 356 g/mol. The van der Waals surface area contributed by atoms with E-state index in [0.29, 0.717) is 35.5 Å². The van der Waals surface area contributed by atoms with E-state index in [0.717, 1.165) is 0 Å². The standard InChI is InChI=1S/C25H40N4/c1-15(2)19-11-9-17(5)21-13-28(26-23(19)21)25(7,8)29-14-22-18(6)10-12-20(16(3)4)24(22)27-29/h13-20H,9-12H2,1-8H3/t17-,18+,19-,20+. The summed E-state index contributed by atoms with van der Waals surface area (Å²) in [6.45, 7) is 18.6. The highest BCUT2D eigenvalue weighted by Crippen LogP contribution is 2.44. The maximum absolute atomic E-state index is 5.19. The molecule has 0 saturated heterocycles. The highest BCUT2D eigenvalue weighted by atomic mass is 15.5. The SMILES string of the molecule is CC(C)[C@@H]1CC[C@H](C)c2cn(C(C)(C)n3cc4c(n3)[C@@H](C(C)C)CC[C@H]4C)nc21. The average Bonchev–Trinajstić information content (AvgIpc) is 3.28. The summed E-state index contributed by atoms with van der Waals surface area (Å²) in [6, 6.07) is 0. The number of fused-ring (bicyclic) bond motifs is 2. The zero-order valence-corrected chi connectivity index (χ0v) is 19.7. The van der Waals surface area contributed by atoms with Crippen LogP contribution >= 0.6 is 0 Å². The Morgan fingerprint density at radius 1 is 0.759 bits per heavy atom. The van der Waals surface area contributed by atoms with Crippen molar-refractivity contribution in [2.24, 2.45) is 11.8 Å². The van der Waals surface area contributed by atoms with Gasteiger partial charge in [0.05, 0.1) is 11.4 Å². The summed E-state index contributed by atoms with van der Waals surface area (Å²) in [6.07, 6.45) is 9.69. The highest BCUT2D eigenvalue weighted by Gasteiger charge is 2.36. The number of aromatic nitrogens is 4. The Hall–Kier alpha value is -1.58. The van der Waals surface area contributed by atoms with Gasteiger partial charge in [-0.25, -0.2) is 9.36 Å². The van der Waals surface area contributed by atoms with E-state index in [1.807, 2.05) is 0 Å². The van der Waals surface area contributed by atoms with Crippen LogP contribution in [0.25, 0.3) is 0 Å². The number of hydrogen-bond acceptors (Lipinski definition) is 2. The van der Waals surface area contributed by atoms with Gasteiger partial charge in [0.25, 0.3) is 0 Å². The molecule has 0 radical (unpaired) electrons. The van der Waals surface area contributed by atoms with Crippen molar-refractivity contribution < 1.29 is 0 Å². The van der Waals surface area contributed by atoms with E-state index in [1.165, 1.54) is 48.2 Å². The maximum Gasteiger partial charge on any atom is 0.148 e. The lowest BCUT2D eigenvalue weighted by Gasteiger charge is -2.28. The van der Waals surface area contributed by atoms with Gasteiger partial charge in [0, 0.05) is 24.2 Å². The van der Waals surface area contributed by atoms with Crippen LogP contribution in [0.1, 0.15) is 127 Å². The maximum atomic E-state index is 5.19. The lowest BCUT2D eigenvalue weighted by atomic mass is 9.77. The van der Waals surface area contributed by atoms with Crippen LogP contribution < -0.4 is 0 Å². The zero-order chi connectivity index (χ0) is 21.1. The van der Waals surface area contributed by atoms with Gasteiger partial charge < -0.3 is 0 Å². The fourth-order valence-corrected chi connectivity index (χ4v) is 5.54. The van der Waals surface area contributed by atoms with Crippen LogP contribution in [0.2, 0.25) is 0 Å². The van der Waals surface area contributed by atoms with Crippen molar-refractivity contribution >= 4 is 0 Å². The van der Waals surface area contributed by atoms with E-state index in [2.05, 4.69) is 77.1 Å². The minimum Gasteiger partial charge on any atom is -0.245 e. The molecule has 0 fully saturated rings. The molecule has 0 unspecified atom stereocenters. The molecule has 2 aliphatic carbocycles. The van der Waals surface area contributed by atoms with E-state index in [1.54, 1.807) is 0 Å². The van der Waals surface area contributed by atoms with E-state index in [4.69, 9.17) is 10.2 Å². The molecule has 4 heteroatoms. The quantitative estimate of drug-likeness (QED) is 0.584. The molecule has 0 bridgehead atoms. The molecular formula is C25H40N4. The Morgan fingerprint density at radius 2 is 1.14 bits per heavy atom. The van der Waals surface area contributed by atoms with Gasteiger partial charge in [0.2, 0.25) is 0 Å². The van der Waals surface area contributed by atoms with E-state index in [-0.39, 0.29) is 5.66 Å². The third-order valence-electron chi connectivity index (χ3n) is 7.86. The summed E-state index contributed by atoms with van der Waals surface area (Å²) in [5.74, 6) is 3.63. The Bertz CT molecular complexity index is 799. The van der Waals surface area contributed by atoms with Crippen molar-refractivity contribution in [3.63, 3.8) is 0 Å². The van der Waals surface area contributed by atoms with Crippen LogP contribution in [0.4, 0.5) is 0 Å². The van der Waals surface area contributed by atoms with Gasteiger partial charge in [-0.3, -0.25) is 0 Å². The van der Waals surface area contributed by atoms with Gasteiger partial charge in [-0.2, -0.15) is 10.2 Å². The normalized spacial score (nSPS) is 27.4. The molecule has 29 heavy (non-hydrogen) atoms. The average molecular weight is 397 g/mol. The molecule has 4 nitrogen and oxygen atoms in total. The van der Waals surface area contributed by atoms with Crippen molar-refractivity contribution in [1.29, 1.82) is 0 Å². The van der Waals surface area contributed by atoms with Crippen LogP contribution in [-0.2, 0) is 5.66 Å². The summed E-state index contributed by atoms with van der Waals surface area (Å²) >= 11 is 0. The first kappa shape index (κ1) is 20.7. The predicted molar refractivity (Wildman–Crippen MR) is 120 cm³/mol. The second-order valence-electron chi connectivity index (χ2n) is 11.0. The van der Waals surface area contributed by atoms with Crippen molar-refractivity contribution in [2.75, 3.05) is 0 Å². The summed E-state index contributed by atoms with van der Waals surface area (Å²) in [7, 11) is 0. The Kier molecular flexibility index (Phi) is 5.19. The van der Waals surface area contributed by atoms with Crippen molar-refractivity contribution in [1.82, 2.24) is 19.6 Å². The summed E-state index contributed by atoms with van der Waals surface area (Å²) in [5, 5.41) is 10.4. The summed E-state index contributed by atoms with van der Waals surface area (Å²) in [4.78, 5) is 0. The molecule has 2 aromatic rings. The first-order valence-corrected chi connectivity index (χ1v) is 11.8.